The lowest BCUT2D eigenvalue weighted by molar-refractivity contribution is 0.155. The fraction of sp³-hybridized carbons (Fsp3) is 0.660. The van der Waals surface area contributed by atoms with Crippen LogP contribution < -0.4 is 4.74 Å². The number of hydrogen-bond donors (Lipinski definition) is 0. The molecule has 4 heteroatoms. The summed E-state index contributed by atoms with van der Waals surface area (Å²) < 4.78 is 48.8. The van der Waals surface area contributed by atoms with Crippen LogP contribution in [0.25, 0.3) is 11.1 Å². The number of hydrogen-bond acceptors (Lipinski definition) is 1. The van der Waals surface area contributed by atoms with Crippen LogP contribution in [-0.2, 0) is 0 Å². The molecule has 57 heavy (non-hydrogen) atoms. The standard InChI is InChI=1S/C28H37F.C25H38F2O/c1-3-4-21-7-11-22(12-8-21)23-13-15-24(16-14-23)26-17-18-27(28(29)19-26)25-9-5-20(2)6-10-25;1-3-5-6-7-18-8-10-19(11-9-18)20-12-14-21(15-13-20)22-16-17-23(28-4-2)25(27)24(22)26/h13-22,25H,3-12H2,1-2H3;16-21H,3-15H2,1-2H3. The van der Waals surface area contributed by atoms with Gasteiger partial charge in [-0.25, -0.2) is 8.78 Å². The summed E-state index contributed by atoms with van der Waals surface area (Å²) in [7, 11) is 0. The SMILES string of the molecule is CCCC1CCC(c2ccc(-c3ccc(C4CCC(C)CC4)c(F)c3)cc2)CC1.CCCCCC1CCC(C2CCC(c3ccc(OCC)c(F)c3F)CC2)CC1. The van der Waals surface area contributed by atoms with Crippen molar-refractivity contribution in [3.8, 4) is 16.9 Å². The maximum Gasteiger partial charge on any atom is 0.200 e. The second kappa shape index (κ2) is 22.0. The lowest BCUT2D eigenvalue weighted by atomic mass is 9.68. The highest BCUT2D eigenvalue weighted by Gasteiger charge is 2.33. The highest BCUT2D eigenvalue weighted by atomic mass is 19.2. The van der Waals surface area contributed by atoms with Gasteiger partial charge in [0.15, 0.2) is 11.6 Å². The van der Waals surface area contributed by atoms with Gasteiger partial charge >= 0.3 is 0 Å². The van der Waals surface area contributed by atoms with Gasteiger partial charge in [-0.2, -0.15) is 4.39 Å². The van der Waals surface area contributed by atoms with Gasteiger partial charge in [0.05, 0.1) is 6.61 Å². The summed E-state index contributed by atoms with van der Waals surface area (Å²) in [5.74, 6) is 4.16. The lowest BCUT2D eigenvalue weighted by Crippen LogP contribution is -2.25. The van der Waals surface area contributed by atoms with Crippen LogP contribution in [0.2, 0.25) is 0 Å². The van der Waals surface area contributed by atoms with Crippen molar-refractivity contribution in [2.24, 2.45) is 29.6 Å². The van der Waals surface area contributed by atoms with E-state index in [1.807, 2.05) is 6.07 Å². The van der Waals surface area contributed by atoms with E-state index in [2.05, 4.69) is 51.1 Å². The molecule has 3 aromatic rings. The first-order chi connectivity index (χ1) is 27.8. The maximum atomic E-state index is 14.9. The monoisotopic (exact) mass is 785 g/mol. The van der Waals surface area contributed by atoms with Gasteiger partial charge in [0.2, 0.25) is 5.82 Å². The van der Waals surface area contributed by atoms with Gasteiger partial charge in [0, 0.05) is 0 Å². The number of unbranched alkanes of at least 4 members (excludes halogenated alkanes) is 2. The van der Waals surface area contributed by atoms with E-state index >= 15 is 0 Å². The molecular formula is C53H75F3O. The van der Waals surface area contributed by atoms with Crippen LogP contribution in [0, 0.1) is 47.0 Å². The third kappa shape index (κ3) is 11.9. The van der Waals surface area contributed by atoms with Crippen molar-refractivity contribution >= 4 is 0 Å². The van der Waals surface area contributed by atoms with Crippen LogP contribution in [-0.4, -0.2) is 6.61 Å². The lowest BCUT2D eigenvalue weighted by Gasteiger charge is -2.38. The van der Waals surface area contributed by atoms with Crippen LogP contribution >= 0.6 is 0 Å². The number of halogens is 3. The van der Waals surface area contributed by atoms with E-state index in [-0.39, 0.29) is 17.5 Å². The predicted molar refractivity (Wildman–Crippen MR) is 234 cm³/mol. The van der Waals surface area contributed by atoms with Crippen molar-refractivity contribution in [3.05, 3.63) is 88.7 Å². The van der Waals surface area contributed by atoms with Crippen LogP contribution in [0.4, 0.5) is 13.2 Å². The molecule has 0 radical (unpaired) electrons. The van der Waals surface area contributed by atoms with E-state index in [0.717, 1.165) is 72.0 Å². The smallest absolute Gasteiger partial charge is 0.200 e. The summed E-state index contributed by atoms with van der Waals surface area (Å²) in [6.45, 7) is 9.03. The van der Waals surface area contributed by atoms with Gasteiger partial charge in [0.25, 0.3) is 0 Å². The molecule has 0 aliphatic heterocycles. The minimum atomic E-state index is -0.817. The Hall–Kier alpha value is -2.75. The summed E-state index contributed by atoms with van der Waals surface area (Å²) in [6.07, 6.45) is 28.3. The molecule has 4 fully saturated rings. The zero-order valence-electron chi connectivity index (χ0n) is 36.1. The van der Waals surface area contributed by atoms with Crippen molar-refractivity contribution in [2.45, 2.75) is 187 Å². The molecule has 7 rings (SSSR count). The highest BCUT2D eigenvalue weighted by Crippen LogP contribution is 2.46. The van der Waals surface area contributed by atoms with E-state index in [0.29, 0.717) is 24.0 Å². The summed E-state index contributed by atoms with van der Waals surface area (Å²) in [5.41, 5.74) is 5.10. The molecule has 4 saturated carbocycles. The Morgan fingerprint density at radius 3 is 1.67 bits per heavy atom. The first-order valence-corrected chi connectivity index (χ1v) is 23.8. The summed E-state index contributed by atoms with van der Waals surface area (Å²) >= 11 is 0. The highest BCUT2D eigenvalue weighted by molar-refractivity contribution is 5.64. The summed E-state index contributed by atoms with van der Waals surface area (Å²) in [4.78, 5) is 0. The van der Waals surface area contributed by atoms with Gasteiger partial charge in [-0.05, 0) is 171 Å². The quantitative estimate of drug-likeness (QED) is 0.157. The molecule has 0 heterocycles. The van der Waals surface area contributed by atoms with Crippen molar-refractivity contribution in [3.63, 3.8) is 0 Å². The van der Waals surface area contributed by atoms with Crippen LogP contribution in [0.3, 0.4) is 0 Å². The summed E-state index contributed by atoms with van der Waals surface area (Å²) in [6, 6.07) is 18.3. The Balaban J connectivity index is 0.000000193. The average Bonchev–Trinajstić information content (AvgIpc) is 3.24. The van der Waals surface area contributed by atoms with E-state index in [4.69, 9.17) is 4.74 Å². The average molecular weight is 785 g/mol. The van der Waals surface area contributed by atoms with Gasteiger partial charge in [-0.3, -0.25) is 0 Å². The molecule has 0 atom stereocenters. The third-order valence-corrected chi connectivity index (χ3v) is 15.1. The van der Waals surface area contributed by atoms with E-state index in [1.165, 1.54) is 121 Å². The molecule has 314 valence electrons. The fourth-order valence-electron chi connectivity index (χ4n) is 11.4. The Bertz CT molecular complexity index is 1620. The molecule has 0 saturated heterocycles. The molecule has 0 amide bonds. The number of benzene rings is 3. The van der Waals surface area contributed by atoms with Crippen molar-refractivity contribution < 1.29 is 17.9 Å². The number of ether oxygens (including phenoxy) is 1. The predicted octanol–water partition coefficient (Wildman–Crippen LogP) is 16.9. The molecule has 0 spiro atoms. The maximum absolute atomic E-state index is 14.9. The normalized spacial score (nSPS) is 28.0. The van der Waals surface area contributed by atoms with Crippen molar-refractivity contribution in [1.82, 2.24) is 0 Å². The zero-order chi connectivity index (χ0) is 40.1. The van der Waals surface area contributed by atoms with Crippen LogP contribution in [0.1, 0.15) is 203 Å². The molecule has 0 N–H and O–H groups in total. The molecular weight excluding hydrogens is 710 g/mol. The van der Waals surface area contributed by atoms with Gasteiger partial charge in [-0.1, -0.05) is 127 Å². The largest absolute Gasteiger partial charge is 0.491 e. The second-order valence-corrected chi connectivity index (χ2v) is 18.9. The first-order valence-electron chi connectivity index (χ1n) is 23.8. The Morgan fingerprint density at radius 2 is 1.05 bits per heavy atom. The molecule has 0 aromatic heterocycles. The van der Waals surface area contributed by atoms with E-state index < -0.39 is 11.6 Å². The minimum absolute atomic E-state index is 0.0135. The molecule has 1 nitrogen and oxygen atoms in total. The number of rotatable bonds is 13. The van der Waals surface area contributed by atoms with Gasteiger partial charge in [0.1, 0.15) is 5.82 Å². The second-order valence-electron chi connectivity index (χ2n) is 18.9. The van der Waals surface area contributed by atoms with Crippen LogP contribution in [0.15, 0.2) is 54.6 Å². The third-order valence-electron chi connectivity index (χ3n) is 15.1. The van der Waals surface area contributed by atoms with Gasteiger partial charge in [-0.15, -0.1) is 0 Å². The van der Waals surface area contributed by atoms with Crippen molar-refractivity contribution in [1.29, 1.82) is 0 Å². The fourth-order valence-corrected chi connectivity index (χ4v) is 11.4. The van der Waals surface area contributed by atoms with Gasteiger partial charge < -0.3 is 4.74 Å². The molecule has 3 aromatic carbocycles. The first kappa shape index (κ1) is 43.8. The Morgan fingerprint density at radius 1 is 0.509 bits per heavy atom. The minimum Gasteiger partial charge on any atom is -0.491 e. The Kier molecular flexibility index (Phi) is 16.9. The van der Waals surface area contributed by atoms with Crippen molar-refractivity contribution in [2.75, 3.05) is 6.61 Å². The van der Waals surface area contributed by atoms with E-state index in [9.17, 15) is 13.2 Å². The van der Waals surface area contributed by atoms with Crippen LogP contribution in [0.5, 0.6) is 5.75 Å². The topological polar surface area (TPSA) is 9.23 Å². The zero-order valence-corrected chi connectivity index (χ0v) is 36.1. The summed E-state index contributed by atoms with van der Waals surface area (Å²) in [5, 5.41) is 0. The molecule has 4 aliphatic rings. The Labute approximate surface area is 345 Å². The molecule has 4 aliphatic carbocycles. The molecule has 0 unspecified atom stereocenters. The molecule has 0 bridgehead atoms. The van der Waals surface area contributed by atoms with E-state index in [1.54, 1.807) is 25.1 Å².